The molecule has 5 rings (SSSR count). The van der Waals surface area contributed by atoms with Gasteiger partial charge in [-0.05, 0) is 49.3 Å². The lowest BCUT2D eigenvalue weighted by molar-refractivity contribution is 0.654. The number of benzene rings is 1. The van der Waals surface area contributed by atoms with Gasteiger partial charge in [-0.25, -0.2) is 9.97 Å². The quantitative estimate of drug-likeness (QED) is 0.523. The van der Waals surface area contributed by atoms with Gasteiger partial charge in [0.25, 0.3) is 5.56 Å². The fourth-order valence-corrected chi connectivity index (χ4v) is 5.23. The van der Waals surface area contributed by atoms with Gasteiger partial charge in [-0.2, -0.15) is 0 Å². The van der Waals surface area contributed by atoms with E-state index in [0.717, 1.165) is 29.2 Å². The van der Waals surface area contributed by atoms with Crippen LogP contribution in [0.5, 0.6) is 0 Å². The van der Waals surface area contributed by atoms with Crippen LogP contribution in [0.3, 0.4) is 0 Å². The Hall–Kier alpha value is -2.38. The molecule has 0 radical (unpaired) electrons. The summed E-state index contributed by atoms with van der Waals surface area (Å²) in [6.45, 7) is 0. The predicted molar refractivity (Wildman–Crippen MR) is 110 cm³/mol. The number of hydrogen-bond donors (Lipinski definition) is 1. The predicted octanol–water partition coefficient (Wildman–Crippen LogP) is 4.34. The number of aromatic amines is 1. The number of para-hydroxylation sites is 1. The van der Waals surface area contributed by atoms with Crippen LogP contribution in [-0.2, 0) is 18.6 Å². The molecule has 1 aliphatic rings. The van der Waals surface area contributed by atoms with Gasteiger partial charge in [-0.15, -0.1) is 11.3 Å². The van der Waals surface area contributed by atoms with Crippen LogP contribution >= 0.6 is 23.1 Å². The Bertz CT molecular complexity index is 1160. The van der Waals surface area contributed by atoms with Gasteiger partial charge in [0.2, 0.25) is 0 Å². The Kier molecular flexibility index (Phi) is 4.33. The SMILES string of the molecule is O=c1[nH]c(CSc2nc3c(n2-c2ccccc2)CCCC3)nc2ccsc12. The van der Waals surface area contributed by atoms with Crippen LogP contribution in [0.15, 0.2) is 51.7 Å². The van der Waals surface area contributed by atoms with E-state index in [4.69, 9.17) is 4.98 Å². The average Bonchev–Trinajstić information content (AvgIpc) is 3.31. The highest BCUT2D eigenvalue weighted by molar-refractivity contribution is 7.98. The molecule has 0 saturated carbocycles. The highest BCUT2D eigenvalue weighted by atomic mass is 32.2. The van der Waals surface area contributed by atoms with Gasteiger partial charge in [-0.3, -0.25) is 9.36 Å². The van der Waals surface area contributed by atoms with Crippen LogP contribution in [0.2, 0.25) is 0 Å². The van der Waals surface area contributed by atoms with Crippen molar-refractivity contribution in [2.75, 3.05) is 0 Å². The number of nitrogens with zero attached hydrogens (tertiary/aromatic N) is 3. The fourth-order valence-electron chi connectivity index (χ4n) is 3.58. The van der Waals surface area contributed by atoms with Gasteiger partial charge in [0.15, 0.2) is 5.16 Å². The first-order valence-electron chi connectivity index (χ1n) is 9.05. The standard InChI is InChI=1S/C20H18N4OS2/c25-19-18-15(10-11-26-18)21-17(23-19)12-27-20-22-14-8-4-5-9-16(14)24(20)13-6-2-1-3-7-13/h1-3,6-7,10-11H,4-5,8-9,12H2,(H,21,23,25). The summed E-state index contributed by atoms with van der Waals surface area (Å²) in [6, 6.07) is 12.3. The molecular formula is C20H18N4OS2. The summed E-state index contributed by atoms with van der Waals surface area (Å²) < 4.78 is 2.96. The van der Waals surface area contributed by atoms with Gasteiger partial charge in [0, 0.05) is 11.4 Å². The van der Waals surface area contributed by atoms with Crippen molar-refractivity contribution >= 4 is 33.3 Å². The van der Waals surface area contributed by atoms with Crippen molar-refractivity contribution < 1.29 is 0 Å². The molecule has 1 aromatic carbocycles. The molecule has 1 aliphatic carbocycles. The zero-order chi connectivity index (χ0) is 18.2. The summed E-state index contributed by atoms with van der Waals surface area (Å²) in [4.78, 5) is 24.6. The molecule has 7 heteroatoms. The number of thioether (sulfide) groups is 1. The molecule has 136 valence electrons. The van der Waals surface area contributed by atoms with E-state index in [1.807, 2.05) is 17.5 Å². The molecule has 27 heavy (non-hydrogen) atoms. The van der Waals surface area contributed by atoms with Crippen molar-refractivity contribution in [2.24, 2.45) is 0 Å². The zero-order valence-electron chi connectivity index (χ0n) is 14.6. The minimum atomic E-state index is -0.0590. The van der Waals surface area contributed by atoms with E-state index in [2.05, 4.69) is 38.8 Å². The monoisotopic (exact) mass is 394 g/mol. The normalized spacial score (nSPS) is 13.8. The molecular weight excluding hydrogens is 376 g/mol. The summed E-state index contributed by atoms with van der Waals surface area (Å²) in [6.07, 6.45) is 4.51. The van der Waals surface area contributed by atoms with E-state index in [1.165, 1.54) is 35.6 Å². The van der Waals surface area contributed by atoms with E-state index >= 15 is 0 Å². The molecule has 3 aromatic heterocycles. The van der Waals surface area contributed by atoms with E-state index in [0.29, 0.717) is 16.3 Å². The van der Waals surface area contributed by atoms with E-state index < -0.39 is 0 Å². The van der Waals surface area contributed by atoms with Crippen molar-refractivity contribution in [1.29, 1.82) is 0 Å². The van der Waals surface area contributed by atoms with Gasteiger partial charge in [-0.1, -0.05) is 30.0 Å². The van der Waals surface area contributed by atoms with Crippen LogP contribution in [-0.4, -0.2) is 19.5 Å². The average molecular weight is 395 g/mol. The molecule has 0 fully saturated rings. The Balaban J connectivity index is 1.51. The largest absolute Gasteiger partial charge is 0.309 e. The number of imidazole rings is 1. The molecule has 0 saturated heterocycles. The molecule has 3 heterocycles. The number of fused-ring (bicyclic) bond motifs is 2. The smallest absolute Gasteiger partial charge is 0.268 e. The molecule has 0 amide bonds. The third-order valence-electron chi connectivity index (χ3n) is 4.82. The molecule has 0 spiro atoms. The maximum atomic E-state index is 12.2. The van der Waals surface area contributed by atoms with Gasteiger partial charge >= 0.3 is 0 Å². The minimum absolute atomic E-state index is 0.0590. The highest BCUT2D eigenvalue weighted by Crippen LogP contribution is 2.31. The second kappa shape index (κ2) is 6.98. The first-order valence-corrected chi connectivity index (χ1v) is 10.9. The van der Waals surface area contributed by atoms with E-state index in [1.54, 1.807) is 11.8 Å². The van der Waals surface area contributed by atoms with Crippen molar-refractivity contribution in [3.63, 3.8) is 0 Å². The van der Waals surface area contributed by atoms with Gasteiger partial charge < -0.3 is 4.98 Å². The summed E-state index contributed by atoms with van der Waals surface area (Å²) in [5, 5.41) is 2.88. The number of aromatic nitrogens is 4. The summed E-state index contributed by atoms with van der Waals surface area (Å²) in [7, 11) is 0. The molecule has 5 nitrogen and oxygen atoms in total. The molecule has 0 aliphatic heterocycles. The number of aryl methyl sites for hydroxylation is 1. The third kappa shape index (κ3) is 3.11. The highest BCUT2D eigenvalue weighted by Gasteiger charge is 2.21. The minimum Gasteiger partial charge on any atom is -0.309 e. The lowest BCUT2D eigenvalue weighted by Crippen LogP contribution is -2.10. The van der Waals surface area contributed by atoms with Crippen LogP contribution < -0.4 is 5.56 Å². The van der Waals surface area contributed by atoms with Crippen molar-refractivity contribution in [3.05, 3.63) is 69.3 Å². The first-order chi connectivity index (χ1) is 13.3. The summed E-state index contributed by atoms with van der Waals surface area (Å²) >= 11 is 3.06. The number of nitrogens with one attached hydrogen (secondary N) is 1. The molecule has 0 atom stereocenters. The van der Waals surface area contributed by atoms with E-state index in [9.17, 15) is 4.79 Å². The second-order valence-electron chi connectivity index (χ2n) is 6.60. The summed E-state index contributed by atoms with van der Waals surface area (Å²) in [5.41, 5.74) is 4.39. The van der Waals surface area contributed by atoms with Crippen molar-refractivity contribution in [1.82, 2.24) is 19.5 Å². The topological polar surface area (TPSA) is 63.6 Å². The van der Waals surface area contributed by atoms with E-state index in [-0.39, 0.29) is 5.56 Å². The van der Waals surface area contributed by atoms with Crippen LogP contribution in [0.25, 0.3) is 15.9 Å². The maximum Gasteiger partial charge on any atom is 0.268 e. The first kappa shape index (κ1) is 16.8. The second-order valence-corrected chi connectivity index (χ2v) is 8.46. The zero-order valence-corrected chi connectivity index (χ0v) is 16.3. The van der Waals surface area contributed by atoms with Gasteiger partial charge in [0.05, 0.1) is 17.0 Å². The fraction of sp³-hybridized carbons (Fsp3) is 0.250. The Morgan fingerprint density at radius 3 is 2.85 bits per heavy atom. The molecule has 0 unspecified atom stereocenters. The number of hydrogen-bond acceptors (Lipinski definition) is 5. The lowest BCUT2D eigenvalue weighted by atomic mass is 10.0. The lowest BCUT2D eigenvalue weighted by Gasteiger charge is -2.15. The van der Waals surface area contributed by atoms with Crippen LogP contribution in [0, 0.1) is 0 Å². The Labute approximate surface area is 164 Å². The summed E-state index contributed by atoms with van der Waals surface area (Å²) in [5.74, 6) is 1.28. The maximum absolute atomic E-state index is 12.2. The molecule has 0 bridgehead atoms. The molecule has 4 aromatic rings. The van der Waals surface area contributed by atoms with Crippen LogP contribution in [0.4, 0.5) is 0 Å². The van der Waals surface area contributed by atoms with Gasteiger partial charge in [0.1, 0.15) is 10.5 Å². The third-order valence-corrected chi connectivity index (χ3v) is 6.67. The number of H-pyrrole nitrogens is 1. The Morgan fingerprint density at radius 2 is 1.96 bits per heavy atom. The van der Waals surface area contributed by atoms with Crippen molar-refractivity contribution in [3.8, 4) is 5.69 Å². The number of thiophene rings is 1. The van der Waals surface area contributed by atoms with Crippen molar-refractivity contribution in [2.45, 2.75) is 36.6 Å². The molecule has 1 N–H and O–H groups in total. The Morgan fingerprint density at radius 1 is 1.11 bits per heavy atom. The van der Waals surface area contributed by atoms with Crippen LogP contribution in [0.1, 0.15) is 30.1 Å². The number of rotatable bonds is 4.